The van der Waals surface area contributed by atoms with E-state index in [4.69, 9.17) is 26.0 Å². The maximum Gasteiger partial charge on any atom is 0.340 e. The third-order valence-electron chi connectivity index (χ3n) is 2.91. The van der Waals surface area contributed by atoms with E-state index in [0.29, 0.717) is 12.8 Å². The summed E-state index contributed by atoms with van der Waals surface area (Å²) in [5.74, 6) is -4.02. The lowest BCUT2D eigenvalue weighted by atomic mass is 9.92. The predicted molar refractivity (Wildman–Crippen MR) is 74.3 cm³/mol. The summed E-state index contributed by atoms with van der Waals surface area (Å²) < 4.78 is 9.57. The molecule has 8 heteroatoms. The minimum absolute atomic E-state index is 0.0131. The van der Waals surface area contributed by atoms with E-state index in [1.54, 1.807) is 0 Å². The summed E-state index contributed by atoms with van der Waals surface area (Å²) in [6.07, 6.45) is 2.69. The molecule has 2 unspecified atom stereocenters. The molecular formula is C13H24N2O6. The first-order valence-electron chi connectivity index (χ1n) is 6.94. The number of esters is 2. The highest BCUT2D eigenvalue weighted by molar-refractivity contribution is 6.09. The molecule has 8 nitrogen and oxygen atoms in total. The number of rotatable bonds is 10. The van der Waals surface area contributed by atoms with E-state index in [2.05, 4.69) is 0 Å². The van der Waals surface area contributed by atoms with Crippen molar-refractivity contribution >= 4 is 17.9 Å². The number of carboxylic acid groups (broad SMARTS) is 1. The highest BCUT2D eigenvalue weighted by atomic mass is 16.5. The molecule has 0 aromatic carbocycles. The summed E-state index contributed by atoms with van der Waals surface area (Å²) in [5, 5.41) is 9.14. The summed E-state index contributed by atoms with van der Waals surface area (Å²) in [7, 11) is 0. The molecule has 0 bridgehead atoms. The average Bonchev–Trinajstić information content (AvgIpc) is 2.45. The Morgan fingerprint density at radius 1 is 1.10 bits per heavy atom. The van der Waals surface area contributed by atoms with Gasteiger partial charge >= 0.3 is 17.9 Å². The van der Waals surface area contributed by atoms with Crippen LogP contribution in [-0.4, -0.2) is 47.8 Å². The van der Waals surface area contributed by atoms with Crippen molar-refractivity contribution in [3.63, 3.8) is 0 Å². The van der Waals surface area contributed by atoms with Crippen LogP contribution in [0.25, 0.3) is 0 Å². The fraction of sp³-hybridized carbons (Fsp3) is 0.769. The van der Waals surface area contributed by atoms with Crippen molar-refractivity contribution in [1.29, 1.82) is 0 Å². The van der Waals surface area contributed by atoms with Gasteiger partial charge in [0.2, 0.25) is 5.54 Å². The molecule has 0 aromatic rings. The lowest BCUT2D eigenvalue weighted by molar-refractivity contribution is -0.168. The standard InChI is InChI=1S/C13H24N2O6/c1-3-5-7-20-10(16)9(14)13(15,11(17)18)12(19)21-8-6-4-2/h9H,3-8,14-15H2,1-2H3,(H,17,18). The first-order valence-corrected chi connectivity index (χ1v) is 6.94. The molecule has 21 heavy (non-hydrogen) atoms. The SMILES string of the molecule is CCCCOC(=O)C(N)C(N)(C(=O)O)C(=O)OCCCC. The maximum absolute atomic E-state index is 11.8. The molecule has 0 saturated heterocycles. The van der Waals surface area contributed by atoms with Gasteiger partial charge in [-0.15, -0.1) is 0 Å². The number of unbranched alkanes of at least 4 members (excludes halogenated alkanes) is 2. The molecule has 0 spiro atoms. The van der Waals surface area contributed by atoms with Crippen LogP contribution in [0.15, 0.2) is 0 Å². The lowest BCUT2D eigenvalue weighted by Gasteiger charge is -2.27. The normalized spacial score (nSPS) is 14.9. The van der Waals surface area contributed by atoms with Gasteiger partial charge in [-0.25, -0.2) is 9.59 Å². The van der Waals surface area contributed by atoms with Crippen molar-refractivity contribution in [3.8, 4) is 0 Å². The number of hydrogen-bond donors (Lipinski definition) is 3. The molecule has 0 heterocycles. The zero-order valence-electron chi connectivity index (χ0n) is 12.5. The fourth-order valence-corrected chi connectivity index (χ4v) is 1.37. The van der Waals surface area contributed by atoms with E-state index in [0.717, 1.165) is 12.8 Å². The van der Waals surface area contributed by atoms with E-state index in [9.17, 15) is 14.4 Å². The first-order chi connectivity index (χ1) is 9.82. The van der Waals surface area contributed by atoms with Crippen molar-refractivity contribution in [2.75, 3.05) is 13.2 Å². The minimum atomic E-state index is -2.66. The third-order valence-corrected chi connectivity index (χ3v) is 2.91. The van der Waals surface area contributed by atoms with E-state index in [-0.39, 0.29) is 13.2 Å². The summed E-state index contributed by atoms with van der Waals surface area (Å²) >= 11 is 0. The number of hydrogen-bond acceptors (Lipinski definition) is 7. The van der Waals surface area contributed by atoms with Gasteiger partial charge in [0, 0.05) is 0 Å². The van der Waals surface area contributed by atoms with Crippen LogP contribution < -0.4 is 11.5 Å². The van der Waals surface area contributed by atoms with Gasteiger partial charge < -0.3 is 26.0 Å². The van der Waals surface area contributed by atoms with Crippen LogP contribution in [0, 0.1) is 0 Å². The molecule has 0 radical (unpaired) electrons. The maximum atomic E-state index is 11.8. The molecule has 0 saturated carbocycles. The Morgan fingerprint density at radius 3 is 2.00 bits per heavy atom. The molecule has 122 valence electrons. The second kappa shape index (κ2) is 9.30. The number of carbonyl (C=O) groups excluding carboxylic acids is 2. The van der Waals surface area contributed by atoms with Gasteiger partial charge in [-0.3, -0.25) is 4.79 Å². The van der Waals surface area contributed by atoms with Crippen LogP contribution in [0.3, 0.4) is 0 Å². The zero-order chi connectivity index (χ0) is 16.5. The van der Waals surface area contributed by atoms with Gasteiger partial charge in [-0.2, -0.15) is 0 Å². The second-order valence-electron chi connectivity index (χ2n) is 4.66. The summed E-state index contributed by atoms with van der Waals surface area (Å²) in [5.41, 5.74) is 8.36. The van der Waals surface area contributed by atoms with Crippen LogP contribution in [-0.2, 0) is 23.9 Å². The van der Waals surface area contributed by atoms with Crippen LogP contribution in [0.4, 0.5) is 0 Å². The number of carbonyl (C=O) groups is 3. The van der Waals surface area contributed by atoms with Gasteiger partial charge in [0.1, 0.15) is 6.04 Å². The largest absolute Gasteiger partial charge is 0.479 e. The van der Waals surface area contributed by atoms with Gasteiger partial charge in [0.25, 0.3) is 0 Å². The summed E-state index contributed by atoms with van der Waals surface area (Å²) in [6, 6.07) is -1.83. The molecule has 5 N–H and O–H groups in total. The molecule has 0 aromatic heterocycles. The van der Waals surface area contributed by atoms with Crippen molar-refractivity contribution < 1.29 is 29.0 Å². The zero-order valence-corrected chi connectivity index (χ0v) is 12.5. The van der Waals surface area contributed by atoms with Crippen molar-refractivity contribution in [1.82, 2.24) is 0 Å². The van der Waals surface area contributed by atoms with E-state index >= 15 is 0 Å². The van der Waals surface area contributed by atoms with Crippen LogP contribution in [0.1, 0.15) is 39.5 Å². The Balaban J connectivity index is 4.87. The molecule has 0 amide bonds. The lowest BCUT2D eigenvalue weighted by Crippen LogP contribution is -2.69. The Bertz CT molecular complexity index is 374. The van der Waals surface area contributed by atoms with Gasteiger partial charge in [0.05, 0.1) is 13.2 Å². The fourth-order valence-electron chi connectivity index (χ4n) is 1.37. The average molecular weight is 304 g/mol. The molecule has 0 aliphatic carbocycles. The first kappa shape index (κ1) is 19.3. The Morgan fingerprint density at radius 2 is 1.57 bits per heavy atom. The Kier molecular flexibility index (Phi) is 8.56. The Labute approximate surface area is 123 Å². The smallest absolute Gasteiger partial charge is 0.340 e. The van der Waals surface area contributed by atoms with Gasteiger partial charge in [-0.05, 0) is 12.8 Å². The summed E-state index contributed by atoms with van der Waals surface area (Å²) in [6.45, 7) is 3.86. The Hall–Kier alpha value is -1.67. The summed E-state index contributed by atoms with van der Waals surface area (Å²) in [4.78, 5) is 34.8. The van der Waals surface area contributed by atoms with Crippen LogP contribution >= 0.6 is 0 Å². The minimum Gasteiger partial charge on any atom is -0.479 e. The third kappa shape index (κ3) is 5.31. The highest BCUT2D eigenvalue weighted by Gasteiger charge is 2.53. The van der Waals surface area contributed by atoms with E-state index < -0.39 is 29.5 Å². The van der Waals surface area contributed by atoms with E-state index in [1.807, 2.05) is 13.8 Å². The molecule has 2 atom stereocenters. The topological polar surface area (TPSA) is 142 Å². The van der Waals surface area contributed by atoms with Crippen molar-refractivity contribution in [2.45, 2.75) is 51.1 Å². The predicted octanol–water partition coefficient (Wildman–Crippen LogP) is -0.218. The quantitative estimate of drug-likeness (QED) is 0.286. The molecule has 0 rings (SSSR count). The van der Waals surface area contributed by atoms with Crippen molar-refractivity contribution in [2.24, 2.45) is 11.5 Å². The molecular weight excluding hydrogens is 280 g/mol. The van der Waals surface area contributed by atoms with E-state index in [1.165, 1.54) is 0 Å². The monoisotopic (exact) mass is 304 g/mol. The molecule has 0 fully saturated rings. The van der Waals surface area contributed by atoms with Gasteiger partial charge in [0.15, 0.2) is 0 Å². The second-order valence-corrected chi connectivity index (χ2v) is 4.66. The highest BCUT2D eigenvalue weighted by Crippen LogP contribution is 2.12. The molecule has 0 aliphatic rings. The number of ether oxygens (including phenoxy) is 2. The number of aliphatic carboxylic acids is 1. The number of nitrogens with two attached hydrogens (primary N) is 2. The number of carboxylic acids is 1. The van der Waals surface area contributed by atoms with Crippen molar-refractivity contribution in [3.05, 3.63) is 0 Å². The van der Waals surface area contributed by atoms with Crippen LogP contribution in [0.5, 0.6) is 0 Å². The molecule has 0 aliphatic heterocycles. The van der Waals surface area contributed by atoms with Crippen LogP contribution in [0.2, 0.25) is 0 Å². The van der Waals surface area contributed by atoms with Gasteiger partial charge in [-0.1, -0.05) is 26.7 Å².